The SMILES string of the molecule is CCC(C)N1CCN(C(=O)/C=C/c2ccc(N)cc2)CC1. The van der Waals surface area contributed by atoms with Crippen molar-refractivity contribution in [2.45, 2.75) is 26.3 Å². The van der Waals surface area contributed by atoms with Gasteiger partial charge in [-0.3, -0.25) is 9.69 Å². The van der Waals surface area contributed by atoms with E-state index in [9.17, 15) is 4.79 Å². The maximum atomic E-state index is 12.2. The topological polar surface area (TPSA) is 49.6 Å². The van der Waals surface area contributed by atoms with E-state index in [4.69, 9.17) is 5.73 Å². The zero-order valence-corrected chi connectivity index (χ0v) is 13.0. The van der Waals surface area contributed by atoms with Crippen LogP contribution in [0.1, 0.15) is 25.8 Å². The summed E-state index contributed by atoms with van der Waals surface area (Å²) >= 11 is 0. The number of amides is 1. The van der Waals surface area contributed by atoms with Gasteiger partial charge in [-0.2, -0.15) is 0 Å². The second kappa shape index (κ2) is 7.27. The maximum absolute atomic E-state index is 12.2. The number of nitrogens with zero attached hydrogens (tertiary/aromatic N) is 2. The number of anilines is 1. The van der Waals surface area contributed by atoms with Gasteiger partial charge in [-0.1, -0.05) is 19.1 Å². The van der Waals surface area contributed by atoms with E-state index in [0.29, 0.717) is 6.04 Å². The minimum absolute atomic E-state index is 0.0932. The van der Waals surface area contributed by atoms with Crippen molar-refractivity contribution in [1.29, 1.82) is 0 Å². The number of nitrogens with two attached hydrogens (primary N) is 1. The molecule has 0 aliphatic carbocycles. The van der Waals surface area contributed by atoms with Gasteiger partial charge in [0.2, 0.25) is 5.91 Å². The van der Waals surface area contributed by atoms with Crippen LogP contribution in [0.15, 0.2) is 30.3 Å². The van der Waals surface area contributed by atoms with Crippen molar-refractivity contribution in [1.82, 2.24) is 9.80 Å². The van der Waals surface area contributed by atoms with Crippen molar-refractivity contribution >= 4 is 17.7 Å². The second-order valence-electron chi connectivity index (χ2n) is 5.62. The van der Waals surface area contributed by atoms with Crippen molar-refractivity contribution in [2.75, 3.05) is 31.9 Å². The summed E-state index contributed by atoms with van der Waals surface area (Å²) in [6, 6.07) is 8.12. The van der Waals surface area contributed by atoms with Crippen LogP contribution in [-0.2, 0) is 4.79 Å². The standard InChI is InChI=1S/C17H25N3O/c1-3-14(2)19-10-12-20(13-11-19)17(21)9-6-15-4-7-16(18)8-5-15/h4-9,14H,3,10-13,18H2,1-2H3/b9-6+. The highest BCUT2D eigenvalue weighted by Crippen LogP contribution is 2.10. The van der Waals surface area contributed by atoms with Gasteiger partial charge < -0.3 is 10.6 Å². The van der Waals surface area contributed by atoms with Crippen LogP contribution in [0, 0.1) is 0 Å². The fraction of sp³-hybridized carbons (Fsp3) is 0.471. The van der Waals surface area contributed by atoms with E-state index in [2.05, 4.69) is 18.7 Å². The van der Waals surface area contributed by atoms with Crippen LogP contribution in [0.5, 0.6) is 0 Å². The maximum Gasteiger partial charge on any atom is 0.246 e. The van der Waals surface area contributed by atoms with Crippen LogP contribution < -0.4 is 5.73 Å². The van der Waals surface area contributed by atoms with Gasteiger partial charge in [0.15, 0.2) is 0 Å². The summed E-state index contributed by atoms with van der Waals surface area (Å²) in [4.78, 5) is 16.6. The molecule has 1 heterocycles. The molecule has 0 bridgehead atoms. The molecule has 1 fully saturated rings. The van der Waals surface area contributed by atoms with E-state index >= 15 is 0 Å². The number of hydrogen-bond acceptors (Lipinski definition) is 3. The Morgan fingerprint density at radius 1 is 1.24 bits per heavy atom. The molecular formula is C17H25N3O. The average molecular weight is 287 g/mol. The van der Waals surface area contributed by atoms with E-state index in [1.807, 2.05) is 35.2 Å². The Morgan fingerprint density at radius 3 is 2.43 bits per heavy atom. The minimum Gasteiger partial charge on any atom is -0.399 e. The highest BCUT2D eigenvalue weighted by Gasteiger charge is 2.21. The van der Waals surface area contributed by atoms with Crippen LogP contribution in [-0.4, -0.2) is 47.9 Å². The lowest BCUT2D eigenvalue weighted by Gasteiger charge is -2.37. The lowest BCUT2D eigenvalue weighted by Crippen LogP contribution is -2.50. The van der Waals surface area contributed by atoms with Crippen LogP contribution in [0.4, 0.5) is 5.69 Å². The molecular weight excluding hydrogens is 262 g/mol. The Labute approximate surface area is 127 Å². The van der Waals surface area contributed by atoms with E-state index in [0.717, 1.165) is 43.9 Å². The molecule has 4 heteroatoms. The third-order valence-corrected chi connectivity index (χ3v) is 4.19. The summed E-state index contributed by atoms with van der Waals surface area (Å²) < 4.78 is 0. The number of carbonyl (C=O) groups is 1. The molecule has 1 atom stereocenters. The Kier molecular flexibility index (Phi) is 5.39. The molecule has 1 saturated heterocycles. The third kappa shape index (κ3) is 4.33. The molecule has 4 nitrogen and oxygen atoms in total. The summed E-state index contributed by atoms with van der Waals surface area (Å²) in [7, 11) is 0. The number of benzene rings is 1. The molecule has 0 saturated carbocycles. The second-order valence-corrected chi connectivity index (χ2v) is 5.62. The van der Waals surface area contributed by atoms with Gasteiger partial charge in [0.1, 0.15) is 0 Å². The van der Waals surface area contributed by atoms with E-state index in [-0.39, 0.29) is 5.91 Å². The minimum atomic E-state index is 0.0932. The Bertz CT molecular complexity index is 487. The van der Waals surface area contributed by atoms with Gasteiger partial charge in [0.25, 0.3) is 0 Å². The average Bonchev–Trinajstić information content (AvgIpc) is 2.53. The quantitative estimate of drug-likeness (QED) is 0.682. The van der Waals surface area contributed by atoms with Crippen LogP contribution >= 0.6 is 0 Å². The van der Waals surface area contributed by atoms with Crippen molar-refractivity contribution in [3.8, 4) is 0 Å². The predicted molar refractivity (Wildman–Crippen MR) is 87.8 cm³/mol. The molecule has 2 N–H and O–H groups in total. The Hall–Kier alpha value is -1.81. The van der Waals surface area contributed by atoms with Crippen molar-refractivity contribution in [3.63, 3.8) is 0 Å². The van der Waals surface area contributed by atoms with Gasteiger partial charge >= 0.3 is 0 Å². The fourth-order valence-electron chi connectivity index (χ4n) is 2.52. The first kappa shape index (κ1) is 15.6. The highest BCUT2D eigenvalue weighted by molar-refractivity contribution is 5.91. The normalized spacial score (nSPS) is 18.1. The van der Waals surface area contributed by atoms with Crippen LogP contribution in [0.25, 0.3) is 6.08 Å². The Morgan fingerprint density at radius 2 is 1.86 bits per heavy atom. The monoisotopic (exact) mass is 287 g/mol. The van der Waals surface area contributed by atoms with Crippen molar-refractivity contribution in [2.24, 2.45) is 0 Å². The number of rotatable bonds is 4. The van der Waals surface area contributed by atoms with E-state index in [1.165, 1.54) is 0 Å². The lowest BCUT2D eigenvalue weighted by atomic mass is 10.1. The van der Waals surface area contributed by atoms with Gasteiger partial charge in [0.05, 0.1) is 0 Å². The molecule has 2 rings (SSSR count). The summed E-state index contributed by atoms with van der Waals surface area (Å²) in [5, 5.41) is 0. The first-order chi connectivity index (χ1) is 10.1. The molecule has 114 valence electrons. The van der Waals surface area contributed by atoms with E-state index in [1.54, 1.807) is 6.08 Å². The molecule has 1 aromatic carbocycles. The van der Waals surface area contributed by atoms with Gasteiger partial charge in [-0.25, -0.2) is 0 Å². The predicted octanol–water partition coefficient (Wildman–Crippen LogP) is 2.22. The first-order valence-corrected chi connectivity index (χ1v) is 7.66. The summed E-state index contributed by atoms with van der Waals surface area (Å²) in [5.41, 5.74) is 7.38. The zero-order valence-electron chi connectivity index (χ0n) is 13.0. The van der Waals surface area contributed by atoms with Crippen LogP contribution in [0.3, 0.4) is 0 Å². The highest BCUT2D eigenvalue weighted by atomic mass is 16.2. The van der Waals surface area contributed by atoms with Crippen LogP contribution in [0.2, 0.25) is 0 Å². The number of piperazine rings is 1. The number of nitrogen functional groups attached to an aromatic ring is 1. The summed E-state index contributed by atoms with van der Waals surface area (Å²) in [6.07, 6.45) is 4.66. The van der Waals surface area contributed by atoms with Gasteiger partial charge in [0, 0.05) is 44.0 Å². The van der Waals surface area contributed by atoms with Crippen molar-refractivity contribution < 1.29 is 4.79 Å². The lowest BCUT2D eigenvalue weighted by molar-refractivity contribution is -0.127. The third-order valence-electron chi connectivity index (χ3n) is 4.19. The smallest absolute Gasteiger partial charge is 0.246 e. The molecule has 1 aromatic rings. The first-order valence-electron chi connectivity index (χ1n) is 7.66. The Balaban J connectivity index is 1.86. The molecule has 1 amide bonds. The molecule has 1 aliphatic rings. The largest absolute Gasteiger partial charge is 0.399 e. The van der Waals surface area contributed by atoms with E-state index < -0.39 is 0 Å². The summed E-state index contributed by atoms with van der Waals surface area (Å²) in [6.45, 7) is 8.02. The molecule has 1 unspecified atom stereocenters. The zero-order chi connectivity index (χ0) is 15.2. The van der Waals surface area contributed by atoms with Gasteiger partial charge in [-0.05, 0) is 37.1 Å². The van der Waals surface area contributed by atoms with Crippen molar-refractivity contribution in [3.05, 3.63) is 35.9 Å². The molecule has 0 spiro atoms. The fourth-order valence-corrected chi connectivity index (χ4v) is 2.52. The number of hydrogen-bond donors (Lipinski definition) is 1. The molecule has 1 aliphatic heterocycles. The molecule has 0 radical (unpaired) electrons. The molecule has 21 heavy (non-hydrogen) atoms. The number of carbonyl (C=O) groups excluding carboxylic acids is 1. The molecule has 0 aromatic heterocycles. The van der Waals surface area contributed by atoms with Gasteiger partial charge in [-0.15, -0.1) is 0 Å². The summed E-state index contributed by atoms with van der Waals surface area (Å²) in [5.74, 6) is 0.0932.